The maximum absolute atomic E-state index is 11.0. The topological polar surface area (TPSA) is 46.5 Å². The van der Waals surface area contributed by atoms with Crippen molar-refractivity contribution in [3.63, 3.8) is 0 Å². The quantitative estimate of drug-likeness (QED) is 0.611. The Kier molecular flexibility index (Phi) is 5.29. The number of benzene rings is 1. The van der Waals surface area contributed by atoms with Gasteiger partial charge in [0.05, 0.1) is 12.7 Å². The fourth-order valence-electron chi connectivity index (χ4n) is 1.29. The van der Waals surface area contributed by atoms with Gasteiger partial charge in [0.25, 0.3) is 0 Å². The Balaban J connectivity index is 2.41. The van der Waals surface area contributed by atoms with Gasteiger partial charge in [0.2, 0.25) is 0 Å². The molecule has 0 aliphatic heterocycles. The smallest absolute Gasteiger partial charge is 0.330 e. The highest BCUT2D eigenvalue weighted by Crippen LogP contribution is 2.15. The molecule has 1 N–H and O–H groups in total. The van der Waals surface area contributed by atoms with Crippen molar-refractivity contribution in [1.29, 1.82) is 0 Å². The molecular formula is C13H16O3. The van der Waals surface area contributed by atoms with E-state index in [4.69, 9.17) is 4.74 Å². The molecule has 0 heterocycles. The Morgan fingerprint density at radius 2 is 2.12 bits per heavy atom. The Morgan fingerprint density at radius 1 is 1.44 bits per heavy atom. The van der Waals surface area contributed by atoms with Gasteiger partial charge in [0, 0.05) is 6.08 Å². The number of ether oxygens (including phenoxy) is 1. The third kappa shape index (κ3) is 4.28. The summed E-state index contributed by atoms with van der Waals surface area (Å²) in [6.45, 7) is 2.12. The molecule has 3 nitrogen and oxygen atoms in total. The molecule has 0 saturated heterocycles. The maximum atomic E-state index is 11.0. The summed E-state index contributed by atoms with van der Waals surface area (Å²) in [7, 11) is 0. The molecule has 0 bridgehead atoms. The normalized spacial score (nSPS) is 12.6. The van der Waals surface area contributed by atoms with Gasteiger partial charge in [-0.3, -0.25) is 0 Å². The van der Waals surface area contributed by atoms with Crippen LogP contribution in [0.4, 0.5) is 0 Å². The van der Waals surface area contributed by atoms with Gasteiger partial charge in [0.1, 0.15) is 0 Å². The molecule has 0 aliphatic rings. The Hall–Kier alpha value is -1.61. The highest BCUT2D eigenvalue weighted by molar-refractivity contribution is 5.81. The van der Waals surface area contributed by atoms with Crippen molar-refractivity contribution in [2.75, 3.05) is 6.61 Å². The first kappa shape index (κ1) is 12.5. The number of hydrogen-bond donors (Lipinski definition) is 1. The summed E-state index contributed by atoms with van der Waals surface area (Å²) in [5.74, 6) is -0.372. The predicted molar refractivity (Wildman–Crippen MR) is 61.8 cm³/mol. The largest absolute Gasteiger partial charge is 0.463 e. The molecule has 1 aromatic rings. The molecule has 0 aromatic heterocycles. The van der Waals surface area contributed by atoms with E-state index in [1.165, 1.54) is 6.08 Å². The van der Waals surface area contributed by atoms with Crippen LogP contribution in [0.3, 0.4) is 0 Å². The summed E-state index contributed by atoms with van der Waals surface area (Å²) in [6.07, 6.45) is 2.79. The first-order chi connectivity index (χ1) is 7.74. The Bertz CT molecular complexity index is 343. The molecule has 0 fully saturated rings. The van der Waals surface area contributed by atoms with Crippen molar-refractivity contribution in [2.24, 2.45) is 0 Å². The minimum Gasteiger partial charge on any atom is -0.463 e. The number of carbonyl (C=O) groups is 1. The van der Waals surface area contributed by atoms with Gasteiger partial charge >= 0.3 is 5.97 Å². The summed E-state index contributed by atoms with van der Waals surface area (Å²) in [5, 5.41) is 9.76. The third-order valence-corrected chi connectivity index (χ3v) is 2.08. The predicted octanol–water partition coefficient (Wildman–Crippen LogP) is 2.23. The fraction of sp³-hybridized carbons (Fsp3) is 0.308. The zero-order chi connectivity index (χ0) is 11.8. The molecular weight excluding hydrogens is 204 g/mol. The van der Waals surface area contributed by atoms with Crippen LogP contribution in [0.1, 0.15) is 25.0 Å². The van der Waals surface area contributed by atoms with Crippen LogP contribution < -0.4 is 0 Å². The van der Waals surface area contributed by atoms with Crippen molar-refractivity contribution in [1.82, 2.24) is 0 Å². The van der Waals surface area contributed by atoms with E-state index in [0.717, 1.165) is 5.56 Å². The molecule has 0 saturated carbocycles. The summed E-state index contributed by atoms with van der Waals surface area (Å²) >= 11 is 0. The number of carbonyl (C=O) groups excluding carboxylic acids is 1. The van der Waals surface area contributed by atoms with Gasteiger partial charge < -0.3 is 9.84 Å². The zero-order valence-electron chi connectivity index (χ0n) is 9.30. The van der Waals surface area contributed by atoms with Crippen molar-refractivity contribution in [3.05, 3.63) is 48.0 Å². The standard InChI is InChI=1S/C13H16O3/c1-2-16-13(15)10-6-9-12(14)11-7-4-3-5-8-11/h3-8,10,12,14H,2,9H2,1H3/b10-6+/t12-/m1/s1. The fourth-order valence-corrected chi connectivity index (χ4v) is 1.29. The number of hydrogen-bond acceptors (Lipinski definition) is 3. The van der Waals surface area contributed by atoms with Crippen LogP contribution in [-0.2, 0) is 9.53 Å². The lowest BCUT2D eigenvalue weighted by atomic mass is 10.1. The molecule has 0 radical (unpaired) electrons. The second-order valence-corrected chi connectivity index (χ2v) is 3.32. The molecule has 1 aromatic carbocycles. The summed E-state index contributed by atoms with van der Waals surface area (Å²) < 4.78 is 4.72. The van der Waals surface area contributed by atoms with Gasteiger partial charge in [-0.1, -0.05) is 36.4 Å². The lowest BCUT2D eigenvalue weighted by Crippen LogP contribution is -2.00. The second kappa shape index (κ2) is 6.80. The van der Waals surface area contributed by atoms with Crippen molar-refractivity contribution in [2.45, 2.75) is 19.4 Å². The monoisotopic (exact) mass is 220 g/mol. The van der Waals surface area contributed by atoms with Crippen molar-refractivity contribution < 1.29 is 14.6 Å². The van der Waals surface area contributed by atoms with E-state index in [1.807, 2.05) is 30.3 Å². The number of aliphatic hydroxyl groups excluding tert-OH is 1. The Labute approximate surface area is 95.4 Å². The molecule has 3 heteroatoms. The molecule has 16 heavy (non-hydrogen) atoms. The van der Waals surface area contributed by atoms with Crippen LogP contribution in [0.15, 0.2) is 42.5 Å². The lowest BCUT2D eigenvalue weighted by Gasteiger charge is -2.07. The third-order valence-electron chi connectivity index (χ3n) is 2.08. The molecule has 1 rings (SSSR count). The van der Waals surface area contributed by atoms with Crippen LogP contribution in [0.25, 0.3) is 0 Å². The van der Waals surface area contributed by atoms with Crippen LogP contribution in [0.2, 0.25) is 0 Å². The number of esters is 1. The molecule has 1 atom stereocenters. The molecule has 0 amide bonds. The average Bonchev–Trinajstić information content (AvgIpc) is 2.30. The van der Waals surface area contributed by atoms with Crippen LogP contribution in [0, 0.1) is 0 Å². The Morgan fingerprint density at radius 3 is 2.75 bits per heavy atom. The zero-order valence-corrected chi connectivity index (χ0v) is 9.30. The number of rotatable bonds is 5. The van der Waals surface area contributed by atoms with E-state index in [2.05, 4.69) is 0 Å². The summed E-state index contributed by atoms with van der Waals surface area (Å²) in [4.78, 5) is 11.0. The molecule has 0 spiro atoms. The van der Waals surface area contributed by atoms with E-state index >= 15 is 0 Å². The van der Waals surface area contributed by atoms with Crippen LogP contribution in [0.5, 0.6) is 0 Å². The van der Waals surface area contributed by atoms with E-state index in [1.54, 1.807) is 13.0 Å². The van der Waals surface area contributed by atoms with Gasteiger partial charge in [-0.05, 0) is 18.9 Å². The highest BCUT2D eigenvalue weighted by atomic mass is 16.5. The minimum atomic E-state index is -0.577. The second-order valence-electron chi connectivity index (χ2n) is 3.32. The maximum Gasteiger partial charge on any atom is 0.330 e. The molecule has 0 unspecified atom stereocenters. The van der Waals surface area contributed by atoms with Crippen LogP contribution in [-0.4, -0.2) is 17.7 Å². The minimum absolute atomic E-state index is 0.365. The van der Waals surface area contributed by atoms with E-state index in [0.29, 0.717) is 13.0 Å². The van der Waals surface area contributed by atoms with E-state index < -0.39 is 6.10 Å². The van der Waals surface area contributed by atoms with E-state index in [-0.39, 0.29) is 5.97 Å². The highest BCUT2D eigenvalue weighted by Gasteiger charge is 2.04. The average molecular weight is 220 g/mol. The number of aliphatic hydroxyl groups is 1. The van der Waals surface area contributed by atoms with Gasteiger partial charge in [-0.2, -0.15) is 0 Å². The summed E-state index contributed by atoms with van der Waals surface area (Å²) in [5.41, 5.74) is 0.844. The SMILES string of the molecule is CCOC(=O)/C=C/C[C@@H](O)c1ccccc1. The summed E-state index contributed by atoms with van der Waals surface area (Å²) in [6, 6.07) is 9.33. The van der Waals surface area contributed by atoms with Crippen molar-refractivity contribution >= 4 is 5.97 Å². The molecule has 86 valence electrons. The van der Waals surface area contributed by atoms with Gasteiger partial charge in [-0.15, -0.1) is 0 Å². The van der Waals surface area contributed by atoms with Gasteiger partial charge in [0.15, 0.2) is 0 Å². The van der Waals surface area contributed by atoms with Gasteiger partial charge in [-0.25, -0.2) is 4.79 Å². The van der Waals surface area contributed by atoms with Crippen LogP contribution >= 0.6 is 0 Å². The van der Waals surface area contributed by atoms with E-state index in [9.17, 15) is 9.90 Å². The van der Waals surface area contributed by atoms with Crippen molar-refractivity contribution in [3.8, 4) is 0 Å². The first-order valence-electron chi connectivity index (χ1n) is 5.30. The molecule has 0 aliphatic carbocycles. The lowest BCUT2D eigenvalue weighted by molar-refractivity contribution is -0.137. The first-order valence-corrected chi connectivity index (χ1v) is 5.30.